The van der Waals surface area contributed by atoms with Gasteiger partial charge in [0.1, 0.15) is 0 Å². The molecule has 2 heteroatoms. The number of hydrogen-bond acceptors (Lipinski definition) is 0. The topological polar surface area (TPSA) is 0 Å². The van der Waals surface area contributed by atoms with Crippen molar-refractivity contribution in [2.75, 3.05) is 0 Å². The first kappa shape index (κ1) is 9.94. The lowest BCUT2D eigenvalue weighted by Gasteiger charge is -2.05. The minimum Gasteiger partial charge on any atom is -0.0616 e. The third kappa shape index (κ3) is 1.91. The van der Waals surface area contributed by atoms with Gasteiger partial charge in [0.15, 0.2) is 0 Å². The third-order valence-electron chi connectivity index (χ3n) is 1.98. The Balaban J connectivity index is 2.61. The van der Waals surface area contributed by atoms with Crippen LogP contribution in [0.2, 0.25) is 0 Å². The fourth-order valence-electron chi connectivity index (χ4n) is 1.31. The van der Waals surface area contributed by atoms with Gasteiger partial charge in [-0.15, -0.1) is 0 Å². The lowest BCUT2D eigenvalue weighted by molar-refractivity contribution is 1.55. The molecular weight excluding hydrogens is 304 g/mol. The Kier molecular flexibility index (Phi) is 3.04. The zero-order valence-electron chi connectivity index (χ0n) is 7.30. The molecule has 0 unspecified atom stereocenters. The maximum atomic E-state index is 3.54. The standard InChI is InChI=1S/C12H7Br2/c13-11-7-3-1-5-9(11)10-6-2-4-8-12(10)14/h1-3,5-8H. The highest BCUT2D eigenvalue weighted by atomic mass is 79.9. The molecule has 2 aromatic carbocycles. The first-order valence-corrected chi connectivity index (χ1v) is 5.78. The molecule has 1 radical (unpaired) electrons. The van der Waals surface area contributed by atoms with Crippen molar-refractivity contribution < 1.29 is 0 Å². The van der Waals surface area contributed by atoms with E-state index in [0.29, 0.717) is 0 Å². The Morgan fingerprint density at radius 2 is 1.57 bits per heavy atom. The first-order chi connectivity index (χ1) is 6.79. The van der Waals surface area contributed by atoms with Gasteiger partial charge < -0.3 is 0 Å². The third-order valence-corrected chi connectivity index (χ3v) is 3.33. The van der Waals surface area contributed by atoms with Gasteiger partial charge in [-0.3, -0.25) is 0 Å². The van der Waals surface area contributed by atoms with Crippen LogP contribution in [-0.2, 0) is 0 Å². The molecule has 0 aromatic heterocycles. The molecule has 0 amide bonds. The molecule has 0 bridgehead atoms. The summed E-state index contributed by atoms with van der Waals surface area (Å²) in [4.78, 5) is 0. The van der Waals surface area contributed by atoms with Gasteiger partial charge in [0.2, 0.25) is 0 Å². The molecule has 0 saturated heterocycles. The van der Waals surface area contributed by atoms with E-state index in [2.05, 4.69) is 44.0 Å². The van der Waals surface area contributed by atoms with Gasteiger partial charge in [-0.1, -0.05) is 62.2 Å². The maximum Gasteiger partial charge on any atom is 0.0260 e. The van der Waals surface area contributed by atoms with E-state index in [1.54, 1.807) is 0 Å². The monoisotopic (exact) mass is 309 g/mol. The van der Waals surface area contributed by atoms with Crippen molar-refractivity contribution in [1.82, 2.24) is 0 Å². The summed E-state index contributed by atoms with van der Waals surface area (Å²) >= 11 is 7.05. The summed E-state index contributed by atoms with van der Waals surface area (Å²) in [7, 11) is 0. The lowest BCUT2D eigenvalue weighted by atomic mass is 10.1. The fourth-order valence-corrected chi connectivity index (χ4v) is 2.28. The van der Waals surface area contributed by atoms with Crippen LogP contribution in [0.4, 0.5) is 0 Å². The van der Waals surface area contributed by atoms with Crippen LogP contribution in [0.25, 0.3) is 11.1 Å². The van der Waals surface area contributed by atoms with Crippen LogP contribution in [0.1, 0.15) is 0 Å². The van der Waals surface area contributed by atoms with Crippen molar-refractivity contribution in [2.24, 2.45) is 0 Å². The molecule has 0 aliphatic carbocycles. The molecule has 0 N–H and O–H groups in total. The van der Waals surface area contributed by atoms with Crippen LogP contribution < -0.4 is 0 Å². The van der Waals surface area contributed by atoms with E-state index in [-0.39, 0.29) is 0 Å². The average molecular weight is 311 g/mol. The molecule has 69 valence electrons. The Bertz CT molecular complexity index is 406. The lowest BCUT2D eigenvalue weighted by Crippen LogP contribution is -1.80. The highest BCUT2D eigenvalue weighted by molar-refractivity contribution is 9.11. The fraction of sp³-hybridized carbons (Fsp3) is 0. The Morgan fingerprint density at radius 1 is 0.857 bits per heavy atom. The molecule has 0 saturated carbocycles. The van der Waals surface area contributed by atoms with Gasteiger partial charge in [-0.25, -0.2) is 0 Å². The summed E-state index contributed by atoms with van der Waals surface area (Å²) in [6, 6.07) is 17.1. The number of rotatable bonds is 1. The molecular formula is C12H7Br2. The normalized spacial score (nSPS) is 10.1. The summed E-state index contributed by atoms with van der Waals surface area (Å²) in [5.41, 5.74) is 2.37. The second-order valence-electron chi connectivity index (χ2n) is 2.89. The Hall–Kier alpha value is -0.600. The number of halogens is 2. The SMILES string of the molecule is Brc1c[c]ccc1-c1ccccc1Br. The molecule has 14 heavy (non-hydrogen) atoms. The van der Waals surface area contributed by atoms with Crippen molar-refractivity contribution in [3.63, 3.8) is 0 Å². The van der Waals surface area contributed by atoms with E-state index in [4.69, 9.17) is 0 Å². The largest absolute Gasteiger partial charge is 0.0616 e. The molecule has 2 aromatic rings. The van der Waals surface area contributed by atoms with Crippen LogP contribution in [0.3, 0.4) is 0 Å². The molecule has 0 aliphatic heterocycles. The van der Waals surface area contributed by atoms with Gasteiger partial charge in [-0.2, -0.15) is 0 Å². The Labute approximate surface area is 100 Å². The zero-order valence-corrected chi connectivity index (χ0v) is 10.5. The van der Waals surface area contributed by atoms with Crippen molar-refractivity contribution in [1.29, 1.82) is 0 Å². The van der Waals surface area contributed by atoms with Crippen LogP contribution in [0.5, 0.6) is 0 Å². The van der Waals surface area contributed by atoms with Gasteiger partial charge >= 0.3 is 0 Å². The molecule has 0 fully saturated rings. The summed E-state index contributed by atoms with van der Waals surface area (Å²) in [5.74, 6) is 0. The highest BCUT2D eigenvalue weighted by Crippen LogP contribution is 2.32. The molecule has 0 spiro atoms. The van der Waals surface area contributed by atoms with E-state index >= 15 is 0 Å². The van der Waals surface area contributed by atoms with Gasteiger partial charge in [0.05, 0.1) is 0 Å². The van der Waals surface area contributed by atoms with Crippen molar-refractivity contribution in [2.45, 2.75) is 0 Å². The Morgan fingerprint density at radius 3 is 2.29 bits per heavy atom. The summed E-state index contributed by atoms with van der Waals surface area (Å²) in [6.07, 6.45) is 0. The van der Waals surface area contributed by atoms with Gasteiger partial charge in [0, 0.05) is 8.95 Å². The summed E-state index contributed by atoms with van der Waals surface area (Å²) in [6.45, 7) is 0. The molecule has 0 heterocycles. The number of hydrogen-bond donors (Lipinski definition) is 0. The summed E-state index contributed by atoms with van der Waals surface area (Å²) < 4.78 is 2.17. The predicted octanol–water partition coefficient (Wildman–Crippen LogP) is 4.68. The van der Waals surface area contributed by atoms with Crippen LogP contribution in [0, 0.1) is 6.07 Å². The number of benzene rings is 2. The van der Waals surface area contributed by atoms with Crippen LogP contribution in [0.15, 0.2) is 51.4 Å². The van der Waals surface area contributed by atoms with Crippen molar-refractivity contribution >= 4 is 31.9 Å². The quantitative estimate of drug-likeness (QED) is 0.717. The van der Waals surface area contributed by atoms with Crippen molar-refractivity contribution in [3.05, 3.63) is 57.5 Å². The molecule has 0 atom stereocenters. The average Bonchev–Trinajstić information content (AvgIpc) is 2.20. The maximum absolute atomic E-state index is 3.54. The second kappa shape index (κ2) is 4.28. The summed E-state index contributed by atoms with van der Waals surface area (Å²) in [5, 5.41) is 0. The van der Waals surface area contributed by atoms with Crippen LogP contribution in [-0.4, -0.2) is 0 Å². The minimum atomic E-state index is 1.06. The van der Waals surface area contributed by atoms with E-state index in [1.807, 2.05) is 36.4 Å². The smallest absolute Gasteiger partial charge is 0.0260 e. The van der Waals surface area contributed by atoms with Crippen molar-refractivity contribution in [3.8, 4) is 11.1 Å². The minimum absolute atomic E-state index is 1.06. The van der Waals surface area contributed by atoms with E-state index < -0.39 is 0 Å². The highest BCUT2D eigenvalue weighted by Gasteiger charge is 2.04. The van der Waals surface area contributed by atoms with Gasteiger partial charge in [-0.05, 0) is 29.3 Å². The second-order valence-corrected chi connectivity index (χ2v) is 4.59. The predicted molar refractivity (Wildman–Crippen MR) is 66.1 cm³/mol. The zero-order chi connectivity index (χ0) is 9.97. The van der Waals surface area contributed by atoms with E-state index in [1.165, 1.54) is 11.1 Å². The first-order valence-electron chi connectivity index (χ1n) is 4.19. The molecule has 2 rings (SSSR count). The van der Waals surface area contributed by atoms with Crippen LogP contribution >= 0.6 is 31.9 Å². The molecule has 0 aliphatic rings. The van der Waals surface area contributed by atoms with Gasteiger partial charge in [0.25, 0.3) is 0 Å². The van der Waals surface area contributed by atoms with E-state index in [9.17, 15) is 0 Å². The molecule has 0 nitrogen and oxygen atoms in total. The van der Waals surface area contributed by atoms with E-state index in [0.717, 1.165) is 8.95 Å².